The van der Waals surface area contributed by atoms with Gasteiger partial charge in [0.05, 0.1) is 23.5 Å². The van der Waals surface area contributed by atoms with Crippen molar-refractivity contribution >= 4 is 22.4 Å². The fourth-order valence-electron chi connectivity index (χ4n) is 4.55. The second kappa shape index (κ2) is 9.49. The van der Waals surface area contributed by atoms with E-state index in [2.05, 4.69) is 9.97 Å². The van der Waals surface area contributed by atoms with Crippen molar-refractivity contribution in [3.05, 3.63) is 40.2 Å². The average Bonchev–Trinajstić information content (AvgIpc) is 3.20. The summed E-state index contributed by atoms with van der Waals surface area (Å²) in [5.41, 5.74) is 5.71. The van der Waals surface area contributed by atoms with Crippen LogP contribution in [0.1, 0.15) is 46.7 Å². The summed E-state index contributed by atoms with van der Waals surface area (Å²) < 4.78 is 66.6. The Bertz CT molecular complexity index is 1010. The summed E-state index contributed by atoms with van der Waals surface area (Å²) in [5, 5.41) is 0.548. The maximum Gasteiger partial charge on any atom is 0.393 e. The zero-order valence-electron chi connectivity index (χ0n) is 17.7. The molecular formula is C21H24F5N5OS. The number of aromatic nitrogens is 2. The number of carbonyl (C=O) groups is 1. The van der Waals surface area contributed by atoms with E-state index in [0.29, 0.717) is 50.1 Å². The topological polar surface area (TPSA) is 75.4 Å². The number of alkyl halides is 3. The fourth-order valence-corrected chi connectivity index (χ4v) is 5.53. The van der Waals surface area contributed by atoms with Crippen LogP contribution in [0.4, 0.5) is 27.1 Å². The Morgan fingerprint density at radius 3 is 2.52 bits per heavy atom. The molecule has 4 heterocycles. The SMILES string of the molecule is NC(=O)c1sc(N2CCC(N3CCC[C@H](C(F)(F)F)C3)CC2)nc1Cc1ncc(F)cc1F. The second-order valence-corrected chi connectivity index (χ2v) is 9.47. The van der Waals surface area contributed by atoms with Crippen molar-refractivity contribution in [3.8, 4) is 0 Å². The van der Waals surface area contributed by atoms with Gasteiger partial charge in [0.25, 0.3) is 5.91 Å². The molecule has 2 N–H and O–H groups in total. The Labute approximate surface area is 191 Å². The molecular weight excluding hydrogens is 465 g/mol. The predicted molar refractivity (Wildman–Crippen MR) is 113 cm³/mol. The second-order valence-electron chi connectivity index (χ2n) is 8.49. The number of pyridine rings is 1. The number of halogens is 5. The van der Waals surface area contributed by atoms with Gasteiger partial charge in [-0.15, -0.1) is 0 Å². The molecule has 1 atom stereocenters. The maximum absolute atomic E-state index is 14.0. The first-order valence-electron chi connectivity index (χ1n) is 10.8. The van der Waals surface area contributed by atoms with Gasteiger partial charge in [0.15, 0.2) is 5.13 Å². The predicted octanol–water partition coefficient (Wildman–Crippen LogP) is 3.75. The van der Waals surface area contributed by atoms with Crippen LogP contribution in [0.3, 0.4) is 0 Å². The van der Waals surface area contributed by atoms with Crippen molar-refractivity contribution in [2.45, 2.75) is 44.3 Å². The number of nitrogens with zero attached hydrogens (tertiary/aromatic N) is 4. The van der Waals surface area contributed by atoms with Crippen molar-refractivity contribution in [2.75, 3.05) is 31.1 Å². The minimum Gasteiger partial charge on any atom is -0.365 e. The van der Waals surface area contributed by atoms with Gasteiger partial charge in [-0.2, -0.15) is 13.2 Å². The Morgan fingerprint density at radius 2 is 1.88 bits per heavy atom. The summed E-state index contributed by atoms with van der Waals surface area (Å²) in [5.74, 6) is -3.61. The Hall–Kier alpha value is -2.34. The van der Waals surface area contributed by atoms with Gasteiger partial charge in [-0.3, -0.25) is 14.7 Å². The lowest BCUT2D eigenvalue weighted by atomic mass is 9.93. The van der Waals surface area contributed by atoms with Crippen molar-refractivity contribution in [2.24, 2.45) is 11.7 Å². The van der Waals surface area contributed by atoms with Gasteiger partial charge in [0.1, 0.15) is 16.5 Å². The largest absolute Gasteiger partial charge is 0.393 e. The van der Waals surface area contributed by atoms with Crippen LogP contribution in [0.5, 0.6) is 0 Å². The van der Waals surface area contributed by atoms with Crippen molar-refractivity contribution in [1.82, 2.24) is 14.9 Å². The minimum absolute atomic E-state index is 0.0393. The summed E-state index contributed by atoms with van der Waals surface area (Å²) in [4.78, 5) is 24.2. The summed E-state index contributed by atoms with van der Waals surface area (Å²) in [6.45, 7) is 1.86. The van der Waals surface area contributed by atoms with Crippen LogP contribution < -0.4 is 10.6 Å². The molecule has 2 aliphatic heterocycles. The summed E-state index contributed by atoms with van der Waals surface area (Å²) in [7, 11) is 0. The van der Waals surface area contributed by atoms with Crippen molar-refractivity contribution in [1.29, 1.82) is 0 Å². The number of carbonyl (C=O) groups excluding carboxylic acids is 1. The van der Waals surface area contributed by atoms with Crippen molar-refractivity contribution < 1.29 is 26.7 Å². The molecule has 2 aromatic rings. The Kier molecular flexibility index (Phi) is 6.85. The lowest BCUT2D eigenvalue weighted by Gasteiger charge is -2.42. The van der Waals surface area contributed by atoms with Crippen LogP contribution >= 0.6 is 11.3 Å². The van der Waals surface area contributed by atoms with Crippen molar-refractivity contribution in [3.63, 3.8) is 0 Å². The highest BCUT2D eigenvalue weighted by atomic mass is 32.1. The number of anilines is 1. The smallest absolute Gasteiger partial charge is 0.365 e. The third-order valence-electron chi connectivity index (χ3n) is 6.30. The summed E-state index contributed by atoms with van der Waals surface area (Å²) in [6, 6.07) is 0.785. The van der Waals surface area contributed by atoms with Gasteiger partial charge in [-0.1, -0.05) is 11.3 Å². The Morgan fingerprint density at radius 1 is 1.15 bits per heavy atom. The first-order valence-corrected chi connectivity index (χ1v) is 11.6. The first kappa shape index (κ1) is 23.8. The molecule has 4 rings (SSSR count). The van der Waals surface area contributed by atoms with Gasteiger partial charge >= 0.3 is 6.18 Å². The van der Waals surface area contributed by atoms with E-state index in [9.17, 15) is 26.7 Å². The van der Waals surface area contributed by atoms with E-state index in [0.717, 1.165) is 17.5 Å². The normalized spacial score (nSPS) is 20.9. The monoisotopic (exact) mass is 489 g/mol. The fraction of sp³-hybridized carbons (Fsp3) is 0.571. The third-order valence-corrected chi connectivity index (χ3v) is 7.47. The van der Waals surface area contributed by atoms with Gasteiger partial charge < -0.3 is 10.6 Å². The molecule has 33 heavy (non-hydrogen) atoms. The van der Waals surface area contributed by atoms with E-state index in [-0.39, 0.29) is 41.7 Å². The van der Waals surface area contributed by atoms with Crippen LogP contribution in [0.25, 0.3) is 0 Å². The van der Waals surface area contributed by atoms with Crippen LogP contribution in [0.15, 0.2) is 12.3 Å². The molecule has 0 radical (unpaired) electrons. The van der Waals surface area contributed by atoms with E-state index in [1.54, 1.807) is 0 Å². The van der Waals surface area contributed by atoms with Gasteiger partial charge in [-0.05, 0) is 32.2 Å². The number of thiazole rings is 1. The van der Waals surface area contributed by atoms with E-state index in [1.807, 2.05) is 9.80 Å². The molecule has 12 heteroatoms. The highest BCUT2D eigenvalue weighted by Gasteiger charge is 2.43. The third kappa shape index (κ3) is 5.43. The van der Waals surface area contributed by atoms with Gasteiger partial charge in [0.2, 0.25) is 0 Å². The molecule has 0 aromatic carbocycles. The molecule has 6 nitrogen and oxygen atoms in total. The zero-order valence-corrected chi connectivity index (χ0v) is 18.6. The number of nitrogens with two attached hydrogens (primary N) is 1. The van der Waals surface area contributed by atoms with E-state index in [1.165, 1.54) is 0 Å². The number of likely N-dealkylation sites (tertiary alicyclic amines) is 1. The van der Waals surface area contributed by atoms with Crippen LogP contribution in [0, 0.1) is 17.6 Å². The molecule has 180 valence electrons. The lowest BCUT2D eigenvalue weighted by Crippen LogP contribution is -2.50. The number of piperidine rings is 2. The molecule has 2 fully saturated rings. The quantitative estimate of drug-likeness (QED) is 0.648. The molecule has 0 bridgehead atoms. The number of hydrogen-bond donors (Lipinski definition) is 1. The highest BCUT2D eigenvalue weighted by molar-refractivity contribution is 7.17. The van der Waals surface area contributed by atoms with Crippen LogP contribution in [-0.2, 0) is 6.42 Å². The van der Waals surface area contributed by atoms with E-state index in [4.69, 9.17) is 5.73 Å². The van der Waals surface area contributed by atoms with Gasteiger partial charge in [-0.25, -0.2) is 13.8 Å². The van der Waals surface area contributed by atoms with Crippen LogP contribution in [-0.4, -0.2) is 59.2 Å². The summed E-state index contributed by atoms with van der Waals surface area (Å²) >= 11 is 1.10. The number of rotatable bonds is 5. The molecule has 0 aliphatic carbocycles. The van der Waals surface area contributed by atoms with E-state index < -0.39 is 29.6 Å². The molecule has 2 saturated heterocycles. The zero-order chi connectivity index (χ0) is 23.8. The standard InChI is InChI=1S/C21H24F5N5OS/c22-13-8-15(23)16(28-10-13)9-17-18(19(27)32)33-20(29-17)30-6-3-14(4-7-30)31-5-1-2-12(11-31)21(24,25)26/h8,10,12,14H,1-7,9,11H2,(H2,27,32)/t12-/m0/s1. The molecule has 2 aromatic heterocycles. The highest BCUT2D eigenvalue weighted by Crippen LogP contribution is 2.36. The molecule has 0 spiro atoms. The lowest BCUT2D eigenvalue weighted by molar-refractivity contribution is -0.188. The molecule has 1 amide bonds. The molecule has 2 aliphatic rings. The maximum atomic E-state index is 14.0. The Balaban J connectivity index is 1.43. The average molecular weight is 490 g/mol. The molecule has 0 saturated carbocycles. The summed E-state index contributed by atoms with van der Waals surface area (Å²) in [6.07, 6.45) is -1.30. The van der Waals surface area contributed by atoms with E-state index >= 15 is 0 Å². The molecule has 0 unspecified atom stereocenters. The minimum atomic E-state index is -4.17. The van der Waals surface area contributed by atoms with Gasteiger partial charge in [0, 0.05) is 38.2 Å². The first-order chi connectivity index (χ1) is 15.6. The number of amides is 1. The van der Waals surface area contributed by atoms with Crippen LogP contribution in [0.2, 0.25) is 0 Å². The number of primary amides is 1. The number of hydrogen-bond acceptors (Lipinski definition) is 6.